The fourth-order valence-electron chi connectivity index (χ4n) is 3.10. The van der Waals surface area contributed by atoms with Crippen molar-refractivity contribution in [3.8, 4) is 11.5 Å². The second kappa shape index (κ2) is 10.2. The van der Waals surface area contributed by atoms with E-state index >= 15 is 0 Å². The van der Waals surface area contributed by atoms with Gasteiger partial charge in [-0.25, -0.2) is 0 Å². The summed E-state index contributed by atoms with van der Waals surface area (Å²) in [6.07, 6.45) is 6.23. The summed E-state index contributed by atoms with van der Waals surface area (Å²) in [5, 5.41) is 3.02. The molecular formula is C19H30N2O3. The molecule has 0 bridgehead atoms. The van der Waals surface area contributed by atoms with Crippen LogP contribution in [0.15, 0.2) is 18.2 Å². The number of methoxy groups -OCH3 is 2. The summed E-state index contributed by atoms with van der Waals surface area (Å²) < 4.78 is 10.5. The molecule has 1 aliphatic heterocycles. The molecule has 0 atom stereocenters. The Kier molecular flexibility index (Phi) is 7.89. The predicted octanol–water partition coefficient (Wildman–Crippen LogP) is 2.63. The van der Waals surface area contributed by atoms with Crippen molar-refractivity contribution in [2.45, 2.75) is 38.5 Å². The molecule has 1 aromatic rings. The van der Waals surface area contributed by atoms with Crippen LogP contribution in [-0.4, -0.2) is 51.2 Å². The van der Waals surface area contributed by atoms with E-state index in [0.29, 0.717) is 24.3 Å². The maximum atomic E-state index is 12.0. The van der Waals surface area contributed by atoms with Gasteiger partial charge in [-0.1, -0.05) is 12.5 Å². The summed E-state index contributed by atoms with van der Waals surface area (Å²) in [6.45, 7) is 4.29. The molecule has 24 heavy (non-hydrogen) atoms. The summed E-state index contributed by atoms with van der Waals surface area (Å²) in [6, 6.07) is 5.79. The number of piperidine rings is 1. The highest BCUT2D eigenvalue weighted by Crippen LogP contribution is 2.27. The van der Waals surface area contributed by atoms with Gasteiger partial charge in [0.2, 0.25) is 5.91 Å². The van der Waals surface area contributed by atoms with Crippen LogP contribution in [0.1, 0.15) is 37.7 Å². The molecule has 2 rings (SSSR count). The summed E-state index contributed by atoms with van der Waals surface area (Å²) in [4.78, 5) is 14.5. The van der Waals surface area contributed by atoms with E-state index in [4.69, 9.17) is 9.47 Å². The number of carbonyl (C=O) groups excluding carboxylic acids is 1. The smallest absolute Gasteiger partial charge is 0.220 e. The third-order valence-corrected chi connectivity index (χ3v) is 4.51. The molecule has 1 saturated heterocycles. The molecule has 0 aliphatic carbocycles. The van der Waals surface area contributed by atoms with Gasteiger partial charge in [-0.05, 0) is 63.0 Å². The van der Waals surface area contributed by atoms with Crippen LogP contribution in [0.25, 0.3) is 0 Å². The highest BCUT2D eigenvalue weighted by atomic mass is 16.5. The number of nitrogens with one attached hydrogen (secondary N) is 1. The highest BCUT2D eigenvalue weighted by molar-refractivity contribution is 5.76. The standard InChI is InChI=1S/C19H30N2O3/c1-23-17-9-7-16(15-18(17)24-2)8-10-19(22)20-11-6-14-21-12-4-3-5-13-21/h7,9,15H,3-6,8,10-14H2,1-2H3,(H,20,22). The lowest BCUT2D eigenvalue weighted by Gasteiger charge is -2.26. The molecule has 0 radical (unpaired) electrons. The second-order valence-electron chi connectivity index (χ2n) is 6.30. The molecule has 134 valence electrons. The third kappa shape index (κ3) is 6.04. The van der Waals surface area contributed by atoms with E-state index in [1.54, 1.807) is 14.2 Å². The first kappa shape index (κ1) is 18.6. The number of hydrogen-bond donors (Lipinski definition) is 1. The monoisotopic (exact) mass is 334 g/mol. The van der Waals surface area contributed by atoms with Crippen LogP contribution in [0.5, 0.6) is 11.5 Å². The highest BCUT2D eigenvalue weighted by Gasteiger charge is 2.10. The van der Waals surface area contributed by atoms with Gasteiger partial charge in [-0.2, -0.15) is 0 Å². The van der Waals surface area contributed by atoms with E-state index in [-0.39, 0.29) is 5.91 Å². The molecule has 5 nitrogen and oxygen atoms in total. The minimum atomic E-state index is 0.114. The number of nitrogens with zero attached hydrogens (tertiary/aromatic N) is 1. The van der Waals surface area contributed by atoms with Crippen LogP contribution in [0, 0.1) is 0 Å². The number of ether oxygens (including phenoxy) is 2. The molecule has 1 amide bonds. The van der Waals surface area contributed by atoms with Crippen LogP contribution in [0.4, 0.5) is 0 Å². The molecule has 0 unspecified atom stereocenters. The van der Waals surface area contributed by atoms with Gasteiger partial charge in [-0.15, -0.1) is 0 Å². The van der Waals surface area contributed by atoms with E-state index in [0.717, 1.165) is 25.1 Å². The first-order chi connectivity index (χ1) is 11.7. The largest absolute Gasteiger partial charge is 0.493 e. The number of carbonyl (C=O) groups is 1. The maximum Gasteiger partial charge on any atom is 0.220 e. The molecular weight excluding hydrogens is 304 g/mol. The van der Waals surface area contributed by atoms with Crippen molar-refractivity contribution in [2.24, 2.45) is 0 Å². The maximum absolute atomic E-state index is 12.0. The van der Waals surface area contributed by atoms with Gasteiger partial charge in [0.1, 0.15) is 0 Å². The van der Waals surface area contributed by atoms with E-state index in [9.17, 15) is 4.79 Å². The molecule has 1 heterocycles. The van der Waals surface area contributed by atoms with Crippen molar-refractivity contribution >= 4 is 5.91 Å². The van der Waals surface area contributed by atoms with Crippen LogP contribution in [0.2, 0.25) is 0 Å². The lowest BCUT2D eigenvalue weighted by atomic mass is 10.1. The average molecular weight is 334 g/mol. The lowest BCUT2D eigenvalue weighted by Crippen LogP contribution is -2.33. The topological polar surface area (TPSA) is 50.8 Å². The van der Waals surface area contributed by atoms with Gasteiger partial charge in [0.15, 0.2) is 11.5 Å². The Bertz CT molecular complexity index is 513. The van der Waals surface area contributed by atoms with Gasteiger partial charge in [0.05, 0.1) is 14.2 Å². The van der Waals surface area contributed by atoms with Crippen LogP contribution in [0.3, 0.4) is 0 Å². The zero-order valence-electron chi connectivity index (χ0n) is 15.0. The fraction of sp³-hybridized carbons (Fsp3) is 0.632. The zero-order valence-corrected chi connectivity index (χ0v) is 15.0. The van der Waals surface area contributed by atoms with Crippen LogP contribution < -0.4 is 14.8 Å². The van der Waals surface area contributed by atoms with Gasteiger partial charge < -0.3 is 19.7 Å². The van der Waals surface area contributed by atoms with Crippen molar-refractivity contribution in [1.29, 1.82) is 0 Å². The fourth-order valence-corrected chi connectivity index (χ4v) is 3.10. The van der Waals surface area contributed by atoms with Crippen molar-refractivity contribution in [3.05, 3.63) is 23.8 Å². The van der Waals surface area contributed by atoms with Crippen LogP contribution in [-0.2, 0) is 11.2 Å². The molecule has 0 aromatic heterocycles. The summed E-state index contributed by atoms with van der Waals surface area (Å²) in [5.41, 5.74) is 1.08. The Hall–Kier alpha value is -1.75. The molecule has 1 aromatic carbocycles. The number of rotatable bonds is 9. The summed E-state index contributed by atoms with van der Waals surface area (Å²) >= 11 is 0. The predicted molar refractivity (Wildman–Crippen MR) is 95.8 cm³/mol. The van der Waals surface area contributed by atoms with E-state index in [2.05, 4.69) is 10.2 Å². The normalized spacial score (nSPS) is 15.1. The number of hydrogen-bond acceptors (Lipinski definition) is 4. The van der Waals surface area contributed by atoms with E-state index < -0.39 is 0 Å². The lowest BCUT2D eigenvalue weighted by molar-refractivity contribution is -0.121. The molecule has 0 saturated carbocycles. The number of benzene rings is 1. The zero-order chi connectivity index (χ0) is 17.2. The minimum absolute atomic E-state index is 0.114. The quantitative estimate of drug-likeness (QED) is 0.705. The first-order valence-corrected chi connectivity index (χ1v) is 8.93. The van der Waals surface area contributed by atoms with E-state index in [1.165, 1.54) is 32.4 Å². The second-order valence-corrected chi connectivity index (χ2v) is 6.30. The third-order valence-electron chi connectivity index (χ3n) is 4.51. The number of amides is 1. The first-order valence-electron chi connectivity index (χ1n) is 8.93. The summed E-state index contributed by atoms with van der Waals surface area (Å²) in [7, 11) is 3.24. The number of aryl methyl sites for hydroxylation is 1. The Morgan fingerprint density at radius 1 is 1.12 bits per heavy atom. The Balaban J connectivity index is 1.63. The van der Waals surface area contributed by atoms with Gasteiger partial charge in [0.25, 0.3) is 0 Å². The molecule has 0 spiro atoms. The van der Waals surface area contributed by atoms with Crippen molar-refractivity contribution in [1.82, 2.24) is 10.2 Å². The molecule has 5 heteroatoms. The number of likely N-dealkylation sites (tertiary alicyclic amines) is 1. The molecule has 1 N–H and O–H groups in total. The SMILES string of the molecule is COc1ccc(CCC(=O)NCCCN2CCCCC2)cc1OC. The Labute approximate surface area is 145 Å². The average Bonchev–Trinajstić information content (AvgIpc) is 2.64. The summed E-state index contributed by atoms with van der Waals surface area (Å²) in [5.74, 6) is 1.53. The van der Waals surface area contributed by atoms with Gasteiger partial charge in [0, 0.05) is 13.0 Å². The Morgan fingerprint density at radius 2 is 1.88 bits per heavy atom. The van der Waals surface area contributed by atoms with Crippen molar-refractivity contribution in [3.63, 3.8) is 0 Å². The molecule has 1 aliphatic rings. The van der Waals surface area contributed by atoms with Gasteiger partial charge in [-0.3, -0.25) is 4.79 Å². The molecule has 1 fully saturated rings. The Morgan fingerprint density at radius 3 is 2.58 bits per heavy atom. The van der Waals surface area contributed by atoms with Crippen LogP contribution >= 0.6 is 0 Å². The minimum Gasteiger partial charge on any atom is -0.493 e. The van der Waals surface area contributed by atoms with Crippen molar-refractivity contribution in [2.75, 3.05) is 40.4 Å². The van der Waals surface area contributed by atoms with E-state index in [1.807, 2.05) is 18.2 Å². The van der Waals surface area contributed by atoms with Gasteiger partial charge >= 0.3 is 0 Å². The van der Waals surface area contributed by atoms with Crippen molar-refractivity contribution < 1.29 is 14.3 Å².